The van der Waals surface area contributed by atoms with E-state index in [-0.39, 0.29) is 5.41 Å². The first kappa shape index (κ1) is 13.7. The average molecular weight is 224 g/mol. The molecule has 16 heavy (non-hydrogen) atoms. The number of hydrogen-bond acceptors (Lipinski definition) is 1. The summed E-state index contributed by atoms with van der Waals surface area (Å²) in [7, 11) is 0. The predicted octanol–water partition coefficient (Wildman–Crippen LogP) is 4.74. The van der Waals surface area contributed by atoms with Crippen LogP contribution in [-0.2, 0) is 4.79 Å². The van der Waals surface area contributed by atoms with Gasteiger partial charge in [0.1, 0.15) is 5.78 Å². The van der Waals surface area contributed by atoms with Crippen molar-refractivity contribution >= 4 is 5.78 Å². The second kappa shape index (κ2) is 6.42. The molecule has 0 unspecified atom stereocenters. The molecule has 0 atom stereocenters. The molecule has 1 aliphatic carbocycles. The van der Waals surface area contributed by atoms with Crippen molar-refractivity contribution in [3.63, 3.8) is 0 Å². The van der Waals surface area contributed by atoms with Gasteiger partial charge in [-0.2, -0.15) is 0 Å². The standard InChI is InChI=1S/C15H28O/c1-4-5-7-12-14(16)15(2,3)13-10-8-6-9-11-13/h13H,4-12H2,1-3H3. The molecule has 1 rings (SSSR count). The maximum Gasteiger partial charge on any atom is 0.138 e. The zero-order valence-electron chi connectivity index (χ0n) is 11.3. The predicted molar refractivity (Wildman–Crippen MR) is 69.5 cm³/mol. The van der Waals surface area contributed by atoms with Crippen molar-refractivity contribution in [2.24, 2.45) is 11.3 Å². The molecule has 0 aromatic carbocycles. The lowest BCUT2D eigenvalue weighted by Crippen LogP contribution is -2.34. The third-order valence-electron chi connectivity index (χ3n) is 4.35. The van der Waals surface area contributed by atoms with Gasteiger partial charge in [0.25, 0.3) is 0 Å². The van der Waals surface area contributed by atoms with Crippen molar-refractivity contribution in [2.45, 2.75) is 78.6 Å². The third-order valence-corrected chi connectivity index (χ3v) is 4.35. The molecule has 0 amide bonds. The first-order chi connectivity index (χ1) is 7.59. The van der Waals surface area contributed by atoms with Crippen molar-refractivity contribution < 1.29 is 4.79 Å². The first-order valence-corrected chi connectivity index (χ1v) is 7.12. The minimum absolute atomic E-state index is 0.0613. The topological polar surface area (TPSA) is 17.1 Å². The van der Waals surface area contributed by atoms with Crippen LogP contribution in [0.15, 0.2) is 0 Å². The molecule has 0 aromatic heterocycles. The van der Waals surface area contributed by atoms with Crippen LogP contribution in [0.25, 0.3) is 0 Å². The Bertz CT molecular complexity index is 211. The largest absolute Gasteiger partial charge is 0.299 e. The van der Waals surface area contributed by atoms with Crippen LogP contribution in [-0.4, -0.2) is 5.78 Å². The molecular formula is C15H28O. The van der Waals surface area contributed by atoms with E-state index in [0.29, 0.717) is 11.7 Å². The summed E-state index contributed by atoms with van der Waals surface area (Å²) in [5, 5.41) is 0. The van der Waals surface area contributed by atoms with Gasteiger partial charge in [-0.3, -0.25) is 4.79 Å². The van der Waals surface area contributed by atoms with E-state index in [4.69, 9.17) is 0 Å². The van der Waals surface area contributed by atoms with Crippen molar-refractivity contribution in [1.29, 1.82) is 0 Å². The maximum atomic E-state index is 12.2. The molecule has 0 N–H and O–H groups in total. The zero-order valence-corrected chi connectivity index (χ0v) is 11.3. The van der Waals surface area contributed by atoms with Crippen LogP contribution in [0.4, 0.5) is 0 Å². The molecule has 0 spiro atoms. The van der Waals surface area contributed by atoms with Gasteiger partial charge in [-0.1, -0.05) is 52.9 Å². The second-order valence-corrected chi connectivity index (χ2v) is 5.94. The molecule has 1 aliphatic rings. The van der Waals surface area contributed by atoms with E-state index < -0.39 is 0 Å². The molecule has 1 nitrogen and oxygen atoms in total. The van der Waals surface area contributed by atoms with E-state index in [1.807, 2.05) is 0 Å². The number of carbonyl (C=O) groups is 1. The molecular weight excluding hydrogens is 196 g/mol. The van der Waals surface area contributed by atoms with Crippen molar-refractivity contribution in [3.8, 4) is 0 Å². The number of carbonyl (C=O) groups excluding carboxylic acids is 1. The summed E-state index contributed by atoms with van der Waals surface area (Å²) in [5.74, 6) is 1.16. The molecule has 1 fully saturated rings. The number of Topliss-reactive ketones (excluding diaryl/α,β-unsaturated/α-hetero) is 1. The Morgan fingerprint density at radius 3 is 2.31 bits per heavy atom. The Hall–Kier alpha value is -0.330. The third kappa shape index (κ3) is 3.61. The van der Waals surface area contributed by atoms with Gasteiger partial charge in [-0.25, -0.2) is 0 Å². The van der Waals surface area contributed by atoms with Gasteiger partial charge in [-0.15, -0.1) is 0 Å². The van der Waals surface area contributed by atoms with Gasteiger partial charge in [0.05, 0.1) is 0 Å². The van der Waals surface area contributed by atoms with Gasteiger partial charge < -0.3 is 0 Å². The molecule has 0 aliphatic heterocycles. The highest BCUT2D eigenvalue weighted by atomic mass is 16.1. The summed E-state index contributed by atoms with van der Waals surface area (Å²) in [6.45, 7) is 6.55. The van der Waals surface area contributed by atoms with Crippen molar-refractivity contribution in [3.05, 3.63) is 0 Å². The van der Waals surface area contributed by atoms with Gasteiger partial charge in [-0.05, 0) is 25.2 Å². The molecule has 94 valence electrons. The van der Waals surface area contributed by atoms with E-state index in [2.05, 4.69) is 20.8 Å². The Morgan fingerprint density at radius 2 is 1.75 bits per heavy atom. The van der Waals surface area contributed by atoms with E-state index in [1.54, 1.807) is 0 Å². The Morgan fingerprint density at radius 1 is 1.12 bits per heavy atom. The molecule has 0 heterocycles. The van der Waals surface area contributed by atoms with E-state index >= 15 is 0 Å². The summed E-state index contributed by atoms with van der Waals surface area (Å²) in [5.41, 5.74) is -0.0613. The number of unbranched alkanes of at least 4 members (excludes halogenated alkanes) is 2. The lowest BCUT2D eigenvalue weighted by atomic mass is 9.68. The van der Waals surface area contributed by atoms with Crippen LogP contribution in [0.3, 0.4) is 0 Å². The van der Waals surface area contributed by atoms with Crippen molar-refractivity contribution in [2.75, 3.05) is 0 Å². The minimum Gasteiger partial charge on any atom is -0.299 e. The van der Waals surface area contributed by atoms with Crippen LogP contribution >= 0.6 is 0 Å². The Kier molecular flexibility index (Phi) is 5.51. The fourth-order valence-corrected chi connectivity index (χ4v) is 2.91. The van der Waals surface area contributed by atoms with Crippen LogP contribution < -0.4 is 0 Å². The molecule has 0 bridgehead atoms. The summed E-state index contributed by atoms with van der Waals surface area (Å²) in [6, 6.07) is 0. The summed E-state index contributed by atoms with van der Waals surface area (Å²) < 4.78 is 0. The number of hydrogen-bond donors (Lipinski definition) is 0. The fourth-order valence-electron chi connectivity index (χ4n) is 2.91. The fraction of sp³-hybridized carbons (Fsp3) is 0.933. The van der Waals surface area contributed by atoms with Gasteiger partial charge >= 0.3 is 0 Å². The van der Waals surface area contributed by atoms with Crippen molar-refractivity contribution in [1.82, 2.24) is 0 Å². The molecule has 1 heteroatoms. The maximum absolute atomic E-state index is 12.2. The lowest BCUT2D eigenvalue weighted by Gasteiger charge is -2.35. The highest BCUT2D eigenvalue weighted by Gasteiger charge is 2.36. The summed E-state index contributed by atoms with van der Waals surface area (Å²) >= 11 is 0. The molecule has 0 saturated heterocycles. The SMILES string of the molecule is CCCCCC(=O)C(C)(C)C1CCCCC1. The Balaban J connectivity index is 2.43. The first-order valence-electron chi connectivity index (χ1n) is 7.12. The van der Waals surface area contributed by atoms with E-state index in [0.717, 1.165) is 12.8 Å². The van der Waals surface area contributed by atoms with Gasteiger partial charge in [0.15, 0.2) is 0 Å². The second-order valence-electron chi connectivity index (χ2n) is 5.94. The minimum atomic E-state index is -0.0613. The van der Waals surface area contributed by atoms with Gasteiger partial charge in [0.2, 0.25) is 0 Å². The smallest absolute Gasteiger partial charge is 0.138 e. The summed E-state index contributed by atoms with van der Waals surface area (Å²) in [4.78, 5) is 12.2. The average Bonchev–Trinajstić information content (AvgIpc) is 2.30. The van der Waals surface area contributed by atoms with Crippen LogP contribution in [0, 0.1) is 11.3 Å². The summed E-state index contributed by atoms with van der Waals surface area (Å²) in [6.07, 6.45) is 10.9. The van der Waals surface area contributed by atoms with E-state index in [9.17, 15) is 4.79 Å². The van der Waals surface area contributed by atoms with Gasteiger partial charge in [0, 0.05) is 11.8 Å². The zero-order chi connectivity index (χ0) is 12.0. The van der Waals surface area contributed by atoms with E-state index in [1.165, 1.54) is 44.9 Å². The highest BCUT2D eigenvalue weighted by Crippen LogP contribution is 2.39. The van der Waals surface area contributed by atoms with Crippen LogP contribution in [0.5, 0.6) is 0 Å². The highest BCUT2D eigenvalue weighted by molar-refractivity contribution is 5.84. The number of rotatable bonds is 6. The molecule has 0 aromatic rings. The lowest BCUT2D eigenvalue weighted by molar-refractivity contribution is -0.130. The van der Waals surface area contributed by atoms with Crippen LogP contribution in [0.2, 0.25) is 0 Å². The van der Waals surface area contributed by atoms with Crippen LogP contribution in [0.1, 0.15) is 78.6 Å². The number of ketones is 1. The normalized spacial score (nSPS) is 18.7. The molecule has 0 radical (unpaired) electrons. The Labute approximate surface area is 101 Å². The monoisotopic (exact) mass is 224 g/mol. The quantitative estimate of drug-likeness (QED) is 0.595. The molecule has 1 saturated carbocycles.